The number of nitrogen functional groups attached to an aromatic ring is 1. The maximum atomic E-state index is 12.1. The van der Waals surface area contributed by atoms with Crippen molar-refractivity contribution in [2.24, 2.45) is 5.84 Å². The first-order valence-corrected chi connectivity index (χ1v) is 5.96. The molecule has 1 amide bonds. The number of anilines is 1. The average molecular weight is 250 g/mol. The summed E-state index contributed by atoms with van der Waals surface area (Å²) < 4.78 is 5.29. The fourth-order valence-corrected chi connectivity index (χ4v) is 1.90. The monoisotopic (exact) mass is 250 g/mol. The van der Waals surface area contributed by atoms with Crippen molar-refractivity contribution in [3.63, 3.8) is 0 Å². The van der Waals surface area contributed by atoms with Crippen LogP contribution in [-0.4, -0.2) is 29.6 Å². The first-order valence-electron chi connectivity index (χ1n) is 5.96. The number of nitrogens with zero attached hydrogens (tertiary/aromatic N) is 1. The maximum absolute atomic E-state index is 12.1. The second-order valence-electron chi connectivity index (χ2n) is 4.70. The molecule has 0 atom stereocenters. The van der Waals surface area contributed by atoms with Crippen molar-refractivity contribution in [2.45, 2.75) is 25.3 Å². The summed E-state index contributed by atoms with van der Waals surface area (Å²) in [6, 6.07) is 3.36. The van der Waals surface area contributed by atoms with Gasteiger partial charge < -0.3 is 15.5 Å². The number of carbonyl (C=O) groups is 1. The Balaban J connectivity index is 2.02. The van der Waals surface area contributed by atoms with E-state index in [0.717, 1.165) is 12.8 Å². The number of rotatable bonds is 3. The smallest absolute Gasteiger partial charge is 0.270 e. The molecule has 0 aliphatic carbocycles. The van der Waals surface area contributed by atoms with E-state index in [1.165, 1.54) is 6.20 Å². The van der Waals surface area contributed by atoms with Crippen molar-refractivity contribution in [1.82, 2.24) is 10.3 Å². The van der Waals surface area contributed by atoms with E-state index < -0.39 is 0 Å². The van der Waals surface area contributed by atoms with Gasteiger partial charge in [0.15, 0.2) is 0 Å². The topological polar surface area (TPSA) is 89.3 Å². The highest BCUT2D eigenvalue weighted by Gasteiger charge is 2.29. The van der Waals surface area contributed by atoms with Gasteiger partial charge >= 0.3 is 0 Å². The minimum atomic E-state index is -0.207. The third kappa shape index (κ3) is 2.96. The Labute approximate surface area is 106 Å². The molecular formula is C12H18N4O2. The molecule has 6 heteroatoms. The fraction of sp³-hybridized carbons (Fsp3) is 0.500. The molecule has 2 heterocycles. The van der Waals surface area contributed by atoms with Crippen molar-refractivity contribution in [3.8, 4) is 0 Å². The second-order valence-corrected chi connectivity index (χ2v) is 4.70. The van der Waals surface area contributed by atoms with Crippen LogP contribution in [0.1, 0.15) is 30.3 Å². The molecule has 1 aromatic heterocycles. The van der Waals surface area contributed by atoms with Gasteiger partial charge in [-0.3, -0.25) is 10.6 Å². The van der Waals surface area contributed by atoms with Crippen LogP contribution in [0.2, 0.25) is 0 Å². The van der Waals surface area contributed by atoms with Gasteiger partial charge in [0, 0.05) is 18.8 Å². The zero-order valence-electron chi connectivity index (χ0n) is 10.4. The van der Waals surface area contributed by atoms with E-state index in [9.17, 15) is 4.79 Å². The Morgan fingerprint density at radius 3 is 2.72 bits per heavy atom. The standard InChI is InChI=1S/C12H18N4O2/c1-12(4-6-18-7-5-12)15-11(17)10-3-2-9(16-13)8-14-10/h2-3,8,16H,4-7,13H2,1H3,(H,15,17). The summed E-state index contributed by atoms with van der Waals surface area (Å²) in [5.41, 5.74) is 3.33. The molecular weight excluding hydrogens is 232 g/mol. The minimum absolute atomic E-state index is 0.164. The van der Waals surface area contributed by atoms with Crippen LogP contribution < -0.4 is 16.6 Å². The zero-order chi connectivity index (χ0) is 13.0. The second kappa shape index (κ2) is 5.32. The molecule has 18 heavy (non-hydrogen) atoms. The van der Waals surface area contributed by atoms with Gasteiger partial charge in [0.05, 0.1) is 11.9 Å². The van der Waals surface area contributed by atoms with Gasteiger partial charge in [0.1, 0.15) is 5.69 Å². The van der Waals surface area contributed by atoms with Crippen LogP contribution in [0.5, 0.6) is 0 Å². The minimum Gasteiger partial charge on any atom is -0.381 e. The number of pyridine rings is 1. The Kier molecular flexibility index (Phi) is 3.78. The van der Waals surface area contributed by atoms with Crippen LogP contribution >= 0.6 is 0 Å². The van der Waals surface area contributed by atoms with Gasteiger partial charge in [-0.05, 0) is 31.9 Å². The molecule has 0 spiro atoms. The predicted molar refractivity (Wildman–Crippen MR) is 68.0 cm³/mol. The fourth-order valence-electron chi connectivity index (χ4n) is 1.90. The lowest BCUT2D eigenvalue weighted by molar-refractivity contribution is 0.0421. The lowest BCUT2D eigenvalue weighted by Crippen LogP contribution is -2.49. The number of amides is 1. The molecule has 2 rings (SSSR count). The molecule has 0 saturated carbocycles. The molecule has 1 aromatic rings. The van der Waals surface area contributed by atoms with E-state index in [4.69, 9.17) is 10.6 Å². The van der Waals surface area contributed by atoms with Crippen LogP contribution in [0.15, 0.2) is 18.3 Å². The third-order valence-electron chi connectivity index (χ3n) is 3.17. The molecule has 0 unspecified atom stereocenters. The van der Waals surface area contributed by atoms with Crippen molar-refractivity contribution in [1.29, 1.82) is 0 Å². The number of aromatic nitrogens is 1. The summed E-state index contributed by atoms with van der Waals surface area (Å²) in [5, 5.41) is 3.02. The first-order chi connectivity index (χ1) is 8.63. The molecule has 0 aromatic carbocycles. The summed E-state index contributed by atoms with van der Waals surface area (Å²) in [6.45, 7) is 3.39. The van der Waals surface area contributed by atoms with Crippen LogP contribution in [0.25, 0.3) is 0 Å². The van der Waals surface area contributed by atoms with Crippen molar-refractivity contribution < 1.29 is 9.53 Å². The highest BCUT2D eigenvalue weighted by atomic mass is 16.5. The van der Waals surface area contributed by atoms with E-state index in [2.05, 4.69) is 15.7 Å². The Morgan fingerprint density at radius 2 is 2.17 bits per heavy atom. The Hall–Kier alpha value is -1.66. The van der Waals surface area contributed by atoms with Gasteiger partial charge in [0.2, 0.25) is 0 Å². The molecule has 6 nitrogen and oxygen atoms in total. The number of ether oxygens (including phenoxy) is 1. The van der Waals surface area contributed by atoms with E-state index in [0.29, 0.717) is 24.6 Å². The highest BCUT2D eigenvalue weighted by Crippen LogP contribution is 2.20. The van der Waals surface area contributed by atoms with Crippen LogP contribution in [-0.2, 0) is 4.74 Å². The summed E-state index contributed by atoms with van der Waals surface area (Å²) in [4.78, 5) is 16.1. The van der Waals surface area contributed by atoms with Crippen LogP contribution in [0.4, 0.5) is 5.69 Å². The summed E-state index contributed by atoms with van der Waals surface area (Å²) in [6.07, 6.45) is 3.17. The number of hydrogen-bond acceptors (Lipinski definition) is 5. The molecule has 98 valence electrons. The normalized spacial score (nSPS) is 18.1. The van der Waals surface area contributed by atoms with Crippen LogP contribution in [0.3, 0.4) is 0 Å². The van der Waals surface area contributed by atoms with Crippen molar-refractivity contribution in [3.05, 3.63) is 24.0 Å². The molecule has 4 N–H and O–H groups in total. The first kappa shape index (κ1) is 12.8. The summed E-state index contributed by atoms with van der Waals surface area (Å²) in [7, 11) is 0. The van der Waals surface area contributed by atoms with Gasteiger partial charge in [-0.1, -0.05) is 0 Å². The maximum Gasteiger partial charge on any atom is 0.270 e. The number of nitrogens with one attached hydrogen (secondary N) is 2. The lowest BCUT2D eigenvalue weighted by Gasteiger charge is -2.34. The van der Waals surface area contributed by atoms with Crippen molar-refractivity contribution >= 4 is 11.6 Å². The molecule has 1 aliphatic rings. The average Bonchev–Trinajstić information content (AvgIpc) is 2.39. The van der Waals surface area contributed by atoms with Crippen molar-refractivity contribution in [2.75, 3.05) is 18.6 Å². The number of hydrazine groups is 1. The molecule has 1 fully saturated rings. The lowest BCUT2D eigenvalue weighted by atomic mass is 9.92. The van der Waals surface area contributed by atoms with E-state index in [1.54, 1.807) is 12.1 Å². The number of carbonyl (C=O) groups excluding carboxylic acids is 1. The van der Waals surface area contributed by atoms with Gasteiger partial charge in [-0.15, -0.1) is 0 Å². The SMILES string of the molecule is CC1(NC(=O)c2ccc(NN)cn2)CCOCC1. The quantitative estimate of drug-likeness (QED) is 0.542. The van der Waals surface area contributed by atoms with Gasteiger partial charge in [-0.25, -0.2) is 4.98 Å². The summed E-state index contributed by atoms with van der Waals surface area (Å²) >= 11 is 0. The Bertz CT molecular complexity index is 413. The molecule has 1 aliphatic heterocycles. The molecule has 0 bridgehead atoms. The highest BCUT2D eigenvalue weighted by molar-refractivity contribution is 5.92. The van der Waals surface area contributed by atoms with E-state index >= 15 is 0 Å². The number of hydrogen-bond donors (Lipinski definition) is 3. The molecule has 1 saturated heterocycles. The molecule has 0 radical (unpaired) electrons. The number of nitrogens with two attached hydrogens (primary N) is 1. The third-order valence-corrected chi connectivity index (χ3v) is 3.17. The van der Waals surface area contributed by atoms with Gasteiger partial charge in [0.25, 0.3) is 5.91 Å². The van der Waals surface area contributed by atoms with E-state index in [1.807, 2.05) is 6.92 Å². The zero-order valence-corrected chi connectivity index (χ0v) is 10.4. The predicted octanol–water partition coefficient (Wildman–Crippen LogP) is 0.666. The Morgan fingerprint density at radius 1 is 1.44 bits per heavy atom. The van der Waals surface area contributed by atoms with E-state index in [-0.39, 0.29) is 11.4 Å². The largest absolute Gasteiger partial charge is 0.381 e. The van der Waals surface area contributed by atoms with Crippen LogP contribution in [0, 0.1) is 0 Å². The summed E-state index contributed by atoms with van der Waals surface area (Å²) in [5.74, 6) is 5.08. The van der Waals surface area contributed by atoms with Gasteiger partial charge in [-0.2, -0.15) is 0 Å².